The van der Waals surface area contributed by atoms with Gasteiger partial charge in [0.1, 0.15) is 5.82 Å². The van der Waals surface area contributed by atoms with Crippen molar-refractivity contribution in [3.8, 4) is 0 Å². The van der Waals surface area contributed by atoms with Crippen molar-refractivity contribution in [2.75, 3.05) is 16.6 Å². The van der Waals surface area contributed by atoms with Gasteiger partial charge in [-0.05, 0) is 36.2 Å². The van der Waals surface area contributed by atoms with E-state index in [0.717, 1.165) is 0 Å². The van der Waals surface area contributed by atoms with Crippen LogP contribution in [0.5, 0.6) is 0 Å². The standard InChI is InChI=1S/C18H16ClFN2O4S/c19-15-11-13(22-17(23)8-10-27(22,25)26)5-6-14(15)18(24)21-9-7-12-3-1-2-4-16(12)20/h1-6,11H,7-10H2,(H,21,24). The third-order valence-corrected chi connectivity index (χ3v) is 6.15. The normalized spacial score (nSPS) is 15.8. The van der Waals surface area contributed by atoms with Crippen molar-refractivity contribution in [2.24, 2.45) is 0 Å². The van der Waals surface area contributed by atoms with Gasteiger partial charge in [0, 0.05) is 13.0 Å². The van der Waals surface area contributed by atoms with Crippen molar-refractivity contribution in [2.45, 2.75) is 12.8 Å². The van der Waals surface area contributed by atoms with Gasteiger partial charge in [-0.1, -0.05) is 29.8 Å². The molecule has 0 saturated carbocycles. The first-order valence-electron chi connectivity index (χ1n) is 8.16. The van der Waals surface area contributed by atoms with E-state index < -0.39 is 21.8 Å². The molecular weight excluding hydrogens is 395 g/mol. The Kier molecular flexibility index (Phi) is 5.48. The maximum absolute atomic E-state index is 13.6. The monoisotopic (exact) mass is 410 g/mol. The molecule has 0 atom stereocenters. The lowest BCUT2D eigenvalue weighted by molar-refractivity contribution is -0.116. The van der Waals surface area contributed by atoms with E-state index in [0.29, 0.717) is 16.3 Å². The Hall–Kier alpha value is -2.45. The zero-order valence-electron chi connectivity index (χ0n) is 14.1. The largest absolute Gasteiger partial charge is 0.352 e. The van der Waals surface area contributed by atoms with Crippen molar-refractivity contribution in [1.29, 1.82) is 0 Å². The number of hydrogen-bond acceptors (Lipinski definition) is 4. The topological polar surface area (TPSA) is 83.6 Å². The Labute approximate surface area is 161 Å². The van der Waals surface area contributed by atoms with Crippen LogP contribution in [0.2, 0.25) is 5.02 Å². The highest BCUT2D eigenvalue weighted by molar-refractivity contribution is 7.94. The summed E-state index contributed by atoms with van der Waals surface area (Å²) in [7, 11) is -3.70. The number of carbonyl (C=O) groups is 2. The van der Waals surface area contributed by atoms with Crippen molar-refractivity contribution in [1.82, 2.24) is 5.32 Å². The minimum absolute atomic E-state index is 0.0193. The summed E-state index contributed by atoms with van der Waals surface area (Å²) in [6.45, 7) is 0.205. The molecule has 27 heavy (non-hydrogen) atoms. The maximum Gasteiger partial charge on any atom is 0.252 e. The minimum atomic E-state index is -3.70. The lowest BCUT2D eigenvalue weighted by Gasteiger charge is -2.16. The van der Waals surface area contributed by atoms with Crippen molar-refractivity contribution in [3.63, 3.8) is 0 Å². The minimum Gasteiger partial charge on any atom is -0.352 e. The predicted molar refractivity (Wildman–Crippen MR) is 99.8 cm³/mol. The molecule has 0 aromatic heterocycles. The molecule has 2 amide bonds. The van der Waals surface area contributed by atoms with E-state index in [1.54, 1.807) is 18.2 Å². The number of hydrogen-bond donors (Lipinski definition) is 1. The molecule has 1 N–H and O–H groups in total. The van der Waals surface area contributed by atoms with Crippen LogP contribution in [0.1, 0.15) is 22.3 Å². The van der Waals surface area contributed by atoms with Crippen LogP contribution in [-0.2, 0) is 21.2 Å². The molecule has 0 radical (unpaired) electrons. The molecule has 1 heterocycles. The number of nitrogens with one attached hydrogen (secondary N) is 1. The summed E-state index contributed by atoms with van der Waals surface area (Å²) < 4.78 is 38.2. The molecule has 1 aliphatic rings. The first-order chi connectivity index (χ1) is 12.8. The molecule has 9 heteroatoms. The highest BCUT2D eigenvalue weighted by atomic mass is 35.5. The molecule has 1 aliphatic heterocycles. The van der Waals surface area contributed by atoms with E-state index in [-0.39, 0.29) is 40.8 Å². The van der Waals surface area contributed by atoms with Crippen molar-refractivity contribution >= 4 is 39.1 Å². The van der Waals surface area contributed by atoms with Gasteiger partial charge in [-0.3, -0.25) is 9.59 Å². The van der Waals surface area contributed by atoms with Crippen molar-refractivity contribution in [3.05, 3.63) is 64.4 Å². The molecule has 2 aromatic carbocycles. The van der Waals surface area contributed by atoms with Gasteiger partial charge in [-0.15, -0.1) is 0 Å². The lowest BCUT2D eigenvalue weighted by Crippen LogP contribution is -2.30. The van der Waals surface area contributed by atoms with Crippen LogP contribution in [0.15, 0.2) is 42.5 Å². The molecule has 3 rings (SSSR count). The van der Waals surface area contributed by atoms with Gasteiger partial charge in [-0.25, -0.2) is 17.1 Å². The van der Waals surface area contributed by atoms with E-state index in [1.807, 2.05) is 0 Å². The fourth-order valence-corrected chi connectivity index (χ4v) is 4.50. The first-order valence-corrected chi connectivity index (χ1v) is 10.2. The number of amides is 2. The average molecular weight is 411 g/mol. The van der Waals surface area contributed by atoms with Crippen molar-refractivity contribution < 1.29 is 22.4 Å². The summed E-state index contributed by atoms with van der Waals surface area (Å²) in [6, 6.07) is 10.3. The lowest BCUT2D eigenvalue weighted by atomic mass is 10.1. The Balaban J connectivity index is 1.69. The second kappa shape index (κ2) is 7.66. The maximum atomic E-state index is 13.6. The summed E-state index contributed by atoms with van der Waals surface area (Å²) in [5.74, 6) is -1.60. The van der Waals surface area contributed by atoms with E-state index in [9.17, 15) is 22.4 Å². The molecule has 142 valence electrons. The quantitative estimate of drug-likeness (QED) is 0.821. The van der Waals surface area contributed by atoms with E-state index in [4.69, 9.17) is 11.6 Å². The van der Waals surface area contributed by atoms with Gasteiger partial charge >= 0.3 is 0 Å². The van der Waals surface area contributed by atoms with Gasteiger partial charge in [0.2, 0.25) is 15.9 Å². The Bertz CT molecular complexity index is 1010. The molecule has 2 aromatic rings. The number of halogens is 2. The van der Waals surface area contributed by atoms with Crippen LogP contribution >= 0.6 is 11.6 Å². The molecule has 0 spiro atoms. The van der Waals surface area contributed by atoms with Crippen LogP contribution in [0.3, 0.4) is 0 Å². The summed E-state index contributed by atoms with van der Waals surface area (Å²) in [5, 5.41) is 2.66. The summed E-state index contributed by atoms with van der Waals surface area (Å²) in [4.78, 5) is 24.1. The number of carbonyl (C=O) groups excluding carboxylic acids is 2. The summed E-state index contributed by atoms with van der Waals surface area (Å²) >= 11 is 6.11. The fourth-order valence-electron chi connectivity index (χ4n) is 2.79. The number of anilines is 1. The Morgan fingerprint density at radius 1 is 1.22 bits per heavy atom. The molecular formula is C18H16ClFN2O4S. The average Bonchev–Trinajstić information content (AvgIpc) is 2.89. The number of benzene rings is 2. The summed E-state index contributed by atoms with van der Waals surface area (Å²) in [6.07, 6.45) is 0.229. The van der Waals surface area contributed by atoms with Crippen LogP contribution in [0.4, 0.5) is 10.1 Å². The summed E-state index contributed by atoms with van der Waals surface area (Å²) in [5.41, 5.74) is 0.723. The molecule has 0 unspecified atom stereocenters. The van der Waals surface area contributed by atoms with Gasteiger partial charge in [0.05, 0.1) is 22.0 Å². The highest BCUT2D eigenvalue weighted by Gasteiger charge is 2.36. The fraction of sp³-hybridized carbons (Fsp3) is 0.222. The second-order valence-corrected chi connectivity index (χ2v) is 8.33. The molecule has 0 bridgehead atoms. The predicted octanol–water partition coefficient (Wildman–Crippen LogP) is 2.52. The third kappa shape index (κ3) is 4.12. The Morgan fingerprint density at radius 3 is 2.59 bits per heavy atom. The number of nitrogens with zero attached hydrogens (tertiary/aromatic N) is 1. The van der Waals surface area contributed by atoms with E-state index in [1.165, 1.54) is 24.3 Å². The number of sulfonamides is 1. The van der Waals surface area contributed by atoms with E-state index in [2.05, 4.69) is 5.32 Å². The number of rotatable bonds is 5. The van der Waals surface area contributed by atoms with Gasteiger partial charge in [-0.2, -0.15) is 0 Å². The van der Waals surface area contributed by atoms with Crippen LogP contribution in [-0.4, -0.2) is 32.5 Å². The molecule has 0 aliphatic carbocycles. The first kappa shape index (κ1) is 19.3. The second-order valence-electron chi connectivity index (χ2n) is 5.99. The van der Waals surface area contributed by atoms with Crippen LogP contribution < -0.4 is 9.62 Å². The molecule has 1 fully saturated rings. The highest BCUT2D eigenvalue weighted by Crippen LogP contribution is 2.29. The van der Waals surface area contributed by atoms with Gasteiger partial charge < -0.3 is 5.32 Å². The third-order valence-electron chi connectivity index (χ3n) is 4.15. The van der Waals surface area contributed by atoms with Crippen LogP contribution in [0, 0.1) is 5.82 Å². The zero-order valence-corrected chi connectivity index (χ0v) is 15.7. The molecule has 1 saturated heterocycles. The Morgan fingerprint density at radius 2 is 1.96 bits per heavy atom. The zero-order chi connectivity index (χ0) is 19.6. The smallest absolute Gasteiger partial charge is 0.252 e. The molecule has 6 nitrogen and oxygen atoms in total. The SMILES string of the molecule is O=C(NCCc1ccccc1F)c1ccc(N2C(=O)CCS2(=O)=O)cc1Cl. The van der Waals surface area contributed by atoms with Gasteiger partial charge in [0.25, 0.3) is 5.91 Å². The van der Waals surface area contributed by atoms with Crippen LogP contribution in [0.25, 0.3) is 0 Å². The van der Waals surface area contributed by atoms with E-state index >= 15 is 0 Å². The van der Waals surface area contributed by atoms with Gasteiger partial charge in [0.15, 0.2) is 0 Å².